The molecule has 1 aromatic carbocycles. The molecular formula is C17H22Cl2N2O2. The van der Waals surface area contributed by atoms with Crippen LogP contribution in [0.15, 0.2) is 24.3 Å². The largest absolute Gasteiger partial charge is 0.350 e. The molecule has 0 saturated heterocycles. The highest BCUT2D eigenvalue weighted by Gasteiger charge is 2.18. The topological polar surface area (TPSA) is 49.4 Å². The minimum Gasteiger partial charge on any atom is -0.350 e. The summed E-state index contributed by atoms with van der Waals surface area (Å²) in [7, 11) is 0. The number of benzene rings is 1. The van der Waals surface area contributed by atoms with Gasteiger partial charge in [0.05, 0.1) is 6.54 Å². The lowest BCUT2D eigenvalue weighted by Gasteiger charge is -2.24. The Bertz CT molecular complexity index is 587. The maximum absolute atomic E-state index is 12.2. The average molecular weight is 357 g/mol. The van der Waals surface area contributed by atoms with Gasteiger partial charge in [-0.2, -0.15) is 0 Å². The normalized spacial score (nSPS) is 11.6. The van der Waals surface area contributed by atoms with Gasteiger partial charge >= 0.3 is 0 Å². The zero-order chi connectivity index (χ0) is 17.6. The Morgan fingerprint density at radius 1 is 1.22 bits per heavy atom. The van der Waals surface area contributed by atoms with Crippen molar-refractivity contribution in [3.05, 3.63) is 39.9 Å². The second kappa shape index (κ2) is 8.37. The molecule has 0 aromatic heterocycles. The molecule has 1 aromatic rings. The zero-order valence-electron chi connectivity index (χ0n) is 13.8. The molecule has 2 amide bonds. The van der Waals surface area contributed by atoms with Crippen LogP contribution in [0.1, 0.15) is 33.3 Å². The van der Waals surface area contributed by atoms with Gasteiger partial charge in [-0.15, -0.1) is 0 Å². The summed E-state index contributed by atoms with van der Waals surface area (Å²) < 4.78 is 0. The first kappa shape index (κ1) is 19.5. The van der Waals surface area contributed by atoms with E-state index in [-0.39, 0.29) is 23.9 Å². The fourth-order valence-corrected chi connectivity index (χ4v) is 2.43. The summed E-state index contributed by atoms with van der Waals surface area (Å²) >= 11 is 12.1. The molecule has 4 nitrogen and oxygen atoms in total. The summed E-state index contributed by atoms with van der Waals surface area (Å²) in [5, 5.41) is 3.77. The van der Waals surface area contributed by atoms with Gasteiger partial charge in [-0.05, 0) is 45.9 Å². The minimum atomic E-state index is -0.333. The van der Waals surface area contributed by atoms with Crippen LogP contribution < -0.4 is 5.32 Å². The summed E-state index contributed by atoms with van der Waals surface area (Å²) in [5.41, 5.74) is 0.250. The van der Waals surface area contributed by atoms with Gasteiger partial charge in [0.25, 0.3) is 0 Å². The second-order valence-electron chi connectivity index (χ2n) is 6.12. The maximum atomic E-state index is 12.2. The summed E-state index contributed by atoms with van der Waals surface area (Å²) in [6, 6.07) is 5.14. The highest BCUT2D eigenvalue weighted by Crippen LogP contribution is 2.25. The van der Waals surface area contributed by atoms with Gasteiger partial charge in [-0.1, -0.05) is 29.3 Å². The number of rotatable bonds is 5. The van der Waals surface area contributed by atoms with Crippen LogP contribution in [0.25, 0.3) is 6.08 Å². The average Bonchev–Trinajstić information content (AvgIpc) is 2.42. The predicted octanol–water partition coefficient (Wildman–Crippen LogP) is 3.77. The molecule has 6 heteroatoms. The second-order valence-corrected chi connectivity index (χ2v) is 6.93. The molecule has 0 radical (unpaired) electrons. The van der Waals surface area contributed by atoms with Crippen LogP contribution in [0.5, 0.6) is 0 Å². The molecule has 0 aliphatic carbocycles. The number of nitrogens with one attached hydrogen (secondary N) is 1. The number of carbonyl (C=O) groups is 2. The Kier molecular flexibility index (Phi) is 7.10. The molecule has 1 N–H and O–H groups in total. The van der Waals surface area contributed by atoms with Crippen molar-refractivity contribution in [2.45, 2.75) is 33.2 Å². The zero-order valence-corrected chi connectivity index (χ0v) is 15.3. The van der Waals surface area contributed by atoms with E-state index in [1.165, 1.54) is 11.0 Å². The van der Waals surface area contributed by atoms with Gasteiger partial charge in [0.1, 0.15) is 0 Å². The Morgan fingerprint density at radius 3 is 2.26 bits per heavy atom. The highest BCUT2D eigenvalue weighted by atomic mass is 35.5. The van der Waals surface area contributed by atoms with E-state index in [4.69, 9.17) is 23.2 Å². The van der Waals surface area contributed by atoms with Gasteiger partial charge in [-0.3, -0.25) is 9.59 Å². The maximum Gasteiger partial charge on any atom is 0.247 e. The van der Waals surface area contributed by atoms with Crippen molar-refractivity contribution in [3.63, 3.8) is 0 Å². The number of carbonyl (C=O) groups excluding carboxylic acids is 2. The van der Waals surface area contributed by atoms with Crippen LogP contribution in [0.3, 0.4) is 0 Å². The van der Waals surface area contributed by atoms with Gasteiger partial charge < -0.3 is 10.2 Å². The molecule has 23 heavy (non-hydrogen) atoms. The third kappa shape index (κ3) is 6.63. The first-order valence-electron chi connectivity index (χ1n) is 7.36. The molecule has 0 fully saturated rings. The summed E-state index contributed by atoms with van der Waals surface area (Å²) in [6.07, 6.45) is 2.94. The first-order valence-corrected chi connectivity index (χ1v) is 8.11. The van der Waals surface area contributed by atoms with E-state index < -0.39 is 0 Å². The minimum absolute atomic E-state index is 0.00714. The smallest absolute Gasteiger partial charge is 0.247 e. The molecule has 126 valence electrons. The number of hydrogen-bond donors (Lipinski definition) is 1. The third-order valence-electron chi connectivity index (χ3n) is 2.93. The van der Waals surface area contributed by atoms with Crippen molar-refractivity contribution in [1.29, 1.82) is 0 Å². The Morgan fingerprint density at radius 2 is 1.78 bits per heavy atom. The van der Waals surface area contributed by atoms with E-state index in [2.05, 4.69) is 5.32 Å². The van der Waals surface area contributed by atoms with E-state index in [0.717, 1.165) is 0 Å². The lowest BCUT2D eigenvalue weighted by atomic mass is 10.1. The van der Waals surface area contributed by atoms with E-state index >= 15 is 0 Å². The van der Waals surface area contributed by atoms with Crippen molar-refractivity contribution < 1.29 is 9.59 Å². The van der Waals surface area contributed by atoms with Crippen LogP contribution >= 0.6 is 23.2 Å². The summed E-state index contributed by atoms with van der Waals surface area (Å²) in [6.45, 7) is 7.93. The van der Waals surface area contributed by atoms with Crippen molar-refractivity contribution in [1.82, 2.24) is 10.2 Å². The van der Waals surface area contributed by atoms with Crippen LogP contribution in [0.4, 0.5) is 0 Å². The number of halogens is 2. The van der Waals surface area contributed by atoms with Gasteiger partial charge in [0.2, 0.25) is 11.8 Å². The summed E-state index contributed by atoms with van der Waals surface area (Å²) in [4.78, 5) is 25.6. The molecule has 0 aliphatic rings. The fourth-order valence-electron chi connectivity index (χ4n) is 1.91. The van der Waals surface area contributed by atoms with E-state index in [0.29, 0.717) is 22.2 Å². The quantitative estimate of drug-likeness (QED) is 0.816. The number of amides is 2. The number of nitrogens with zero attached hydrogens (tertiary/aromatic N) is 1. The molecule has 0 atom stereocenters. The van der Waals surface area contributed by atoms with Crippen molar-refractivity contribution in [2.75, 3.05) is 13.1 Å². The van der Waals surface area contributed by atoms with Crippen LogP contribution in [-0.2, 0) is 9.59 Å². The molecule has 0 spiro atoms. The fraction of sp³-hybridized carbons (Fsp3) is 0.412. The Labute approximate surface area is 147 Å². The van der Waals surface area contributed by atoms with Crippen LogP contribution in [-0.4, -0.2) is 35.3 Å². The highest BCUT2D eigenvalue weighted by molar-refractivity contribution is 6.37. The predicted molar refractivity (Wildman–Crippen MR) is 95.6 cm³/mol. The standard InChI is InChI=1S/C17H22Cl2N2O2/c1-5-21(11-15(22)20-17(2,3)4)16(23)10-9-12-13(18)7-6-8-14(12)19/h6-10H,5,11H2,1-4H3,(H,20,22)/b10-9+. The van der Waals surface area contributed by atoms with E-state index in [1.807, 2.05) is 27.7 Å². The molecule has 0 aliphatic heterocycles. The van der Waals surface area contributed by atoms with Gasteiger partial charge in [0, 0.05) is 33.8 Å². The molecule has 1 rings (SSSR count). The molecule has 0 saturated carbocycles. The first-order chi connectivity index (χ1) is 10.6. The molecular weight excluding hydrogens is 335 g/mol. The van der Waals surface area contributed by atoms with Crippen molar-refractivity contribution in [2.24, 2.45) is 0 Å². The Hall–Kier alpha value is -1.52. The lowest BCUT2D eigenvalue weighted by molar-refractivity contribution is -0.132. The number of hydrogen-bond acceptors (Lipinski definition) is 2. The molecule has 0 unspecified atom stereocenters. The van der Waals surface area contributed by atoms with Crippen molar-refractivity contribution in [3.8, 4) is 0 Å². The van der Waals surface area contributed by atoms with Gasteiger partial charge in [0.15, 0.2) is 0 Å². The molecule has 0 bridgehead atoms. The van der Waals surface area contributed by atoms with Crippen LogP contribution in [0.2, 0.25) is 10.0 Å². The monoisotopic (exact) mass is 356 g/mol. The SMILES string of the molecule is CCN(CC(=O)NC(C)(C)C)C(=O)/C=C/c1c(Cl)cccc1Cl. The summed E-state index contributed by atoms with van der Waals surface area (Å²) in [5.74, 6) is -0.468. The van der Waals surface area contributed by atoms with Crippen molar-refractivity contribution >= 4 is 41.1 Å². The van der Waals surface area contributed by atoms with E-state index in [1.54, 1.807) is 24.3 Å². The number of likely N-dealkylation sites (N-methyl/N-ethyl adjacent to an activating group) is 1. The third-order valence-corrected chi connectivity index (χ3v) is 3.59. The van der Waals surface area contributed by atoms with Gasteiger partial charge in [-0.25, -0.2) is 0 Å². The van der Waals surface area contributed by atoms with E-state index in [9.17, 15) is 9.59 Å². The molecule has 0 heterocycles. The van der Waals surface area contributed by atoms with Crippen LogP contribution in [0, 0.1) is 0 Å². The lowest BCUT2D eigenvalue weighted by Crippen LogP contribution is -2.47. The Balaban J connectivity index is 2.78.